The number of carboxylic acids is 1. The summed E-state index contributed by atoms with van der Waals surface area (Å²) in [4.78, 5) is 15.7. The molecule has 5 heteroatoms. The topological polar surface area (TPSA) is 62.2 Å². The molecule has 0 unspecified atom stereocenters. The van der Waals surface area contributed by atoms with E-state index in [4.69, 9.17) is 11.6 Å². The lowest BCUT2D eigenvalue weighted by atomic mass is 10.1. The SMILES string of the molecule is CC.O=C(O)c1ccc(-c2ncccc2Cl)cc1NCc1ccccc1. The third kappa shape index (κ3) is 4.83. The molecule has 134 valence electrons. The van der Waals surface area contributed by atoms with Crippen LogP contribution in [0.25, 0.3) is 11.3 Å². The van der Waals surface area contributed by atoms with Crippen molar-refractivity contribution in [1.29, 1.82) is 0 Å². The van der Waals surface area contributed by atoms with E-state index in [1.54, 1.807) is 36.5 Å². The normalized spacial score (nSPS) is 9.81. The van der Waals surface area contributed by atoms with Crippen molar-refractivity contribution in [1.82, 2.24) is 4.98 Å². The van der Waals surface area contributed by atoms with E-state index < -0.39 is 5.97 Å². The molecule has 2 N–H and O–H groups in total. The average Bonchev–Trinajstić information content (AvgIpc) is 2.69. The minimum atomic E-state index is -0.982. The second-order valence-corrected chi connectivity index (χ2v) is 5.65. The van der Waals surface area contributed by atoms with Gasteiger partial charge < -0.3 is 10.4 Å². The maximum absolute atomic E-state index is 11.5. The Morgan fingerprint density at radius 1 is 1.08 bits per heavy atom. The van der Waals surface area contributed by atoms with Crippen LogP contribution in [-0.4, -0.2) is 16.1 Å². The number of pyridine rings is 1. The molecule has 0 amide bonds. The van der Waals surface area contributed by atoms with Crippen LogP contribution in [0.5, 0.6) is 0 Å². The molecule has 4 nitrogen and oxygen atoms in total. The van der Waals surface area contributed by atoms with Crippen molar-refractivity contribution in [2.45, 2.75) is 20.4 Å². The van der Waals surface area contributed by atoms with E-state index in [1.807, 2.05) is 44.2 Å². The quantitative estimate of drug-likeness (QED) is 0.602. The van der Waals surface area contributed by atoms with Crippen LogP contribution in [0.2, 0.25) is 5.02 Å². The molecule has 0 atom stereocenters. The zero-order valence-electron chi connectivity index (χ0n) is 14.7. The highest BCUT2D eigenvalue weighted by Gasteiger charge is 2.13. The van der Waals surface area contributed by atoms with Crippen molar-refractivity contribution >= 4 is 23.3 Å². The maximum Gasteiger partial charge on any atom is 0.337 e. The van der Waals surface area contributed by atoms with Crippen LogP contribution >= 0.6 is 11.6 Å². The number of aromatic nitrogens is 1. The van der Waals surface area contributed by atoms with Gasteiger partial charge in [-0.2, -0.15) is 0 Å². The summed E-state index contributed by atoms with van der Waals surface area (Å²) in [6, 6.07) is 18.3. The summed E-state index contributed by atoms with van der Waals surface area (Å²) < 4.78 is 0. The number of hydrogen-bond acceptors (Lipinski definition) is 3. The molecular formula is C21H21ClN2O2. The van der Waals surface area contributed by atoms with Gasteiger partial charge in [-0.25, -0.2) is 4.79 Å². The van der Waals surface area contributed by atoms with Gasteiger partial charge in [0.15, 0.2) is 0 Å². The summed E-state index contributed by atoms with van der Waals surface area (Å²) in [7, 11) is 0. The van der Waals surface area contributed by atoms with E-state index in [1.165, 1.54) is 0 Å². The number of carboxylic acid groups (broad SMARTS) is 1. The smallest absolute Gasteiger partial charge is 0.337 e. The Hall–Kier alpha value is -2.85. The number of nitrogens with zero attached hydrogens (tertiary/aromatic N) is 1. The number of carbonyl (C=O) groups is 1. The first-order chi connectivity index (χ1) is 12.6. The van der Waals surface area contributed by atoms with Crippen molar-refractivity contribution < 1.29 is 9.90 Å². The second kappa shape index (κ2) is 9.59. The summed E-state index contributed by atoms with van der Waals surface area (Å²) in [5, 5.41) is 13.1. The standard InChI is InChI=1S/C19H15ClN2O2.C2H6/c20-16-7-4-10-21-18(16)14-8-9-15(19(23)24)17(11-14)22-12-13-5-2-1-3-6-13;1-2/h1-11,22H,12H2,(H,23,24);1-2H3. The van der Waals surface area contributed by atoms with Crippen molar-refractivity contribution in [2.24, 2.45) is 0 Å². The maximum atomic E-state index is 11.5. The molecule has 26 heavy (non-hydrogen) atoms. The molecule has 3 aromatic rings. The molecule has 0 aliphatic heterocycles. The third-order valence-corrected chi connectivity index (χ3v) is 3.91. The molecule has 0 spiro atoms. The van der Waals surface area contributed by atoms with E-state index in [9.17, 15) is 9.90 Å². The zero-order chi connectivity index (χ0) is 18.9. The molecule has 0 saturated carbocycles. The van der Waals surface area contributed by atoms with Gasteiger partial charge in [-0.3, -0.25) is 4.98 Å². The van der Waals surface area contributed by atoms with Crippen LogP contribution in [0.1, 0.15) is 29.8 Å². The minimum absolute atomic E-state index is 0.210. The molecule has 0 radical (unpaired) electrons. The monoisotopic (exact) mass is 368 g/mol. The number of halogens is 1. The number of nitrogens with one attached hydrogen (secondary N) is 1. The summed E-state index contributed by atoms with van der Waals surface area (Å²) >= 11 is 6.19. The Morgan fingerprint density at radius 2 is 1.81 bits per heavy atom. The first-order valence-corrected chi connectivity index (χ1v) is 8.79. The predicted octanol–water partition coefficient (Wildman–Crippen LogP) is 5.74. The van der Waals surface area contributed by atoms with E-state index in [0.29, 0.717) is 22.9 Å². The number of benzene rings is 2. The van der Waals surface area contributed by atoms with Gasteiger partial charge in [0.25, 0.3) is 0 Å². The van der Waals surface area contributed by atoms with Gasteiger partial charge in [0.1, 0.15) is 0 Å². The Morgan fingerprint density at radius 3 is 2.46 bits per heavy atom. The molecule has 3 rings (SSSR count). The first-order valence-electron chi connectivity index (χ1n) is 8.41. The lowest BCUT2D eigenvalue weighted by molar-refractivity contribution is 0.0698. The van der Waals surface area contributed by atoms with Gasteiger partial charge in [-0.15, -0.1) is 0 Å². The van der Waals surface area contributed by atoms with Crippen LogP contribution in [0.15, 0.2) is 66.9 Å². The molecule has 0 aliphatic carbocycles. The number of hydrogen-bond donors (Lipinski definition) is 2. The van der Waals surface area contributed by atoms with Gasteiger partial charge in [-0.05, 0) is 29.8 Å². The molecule has 0 bridgehead atoms. The van der Waals surface area contributed by atoms with Crippen molar-refractivity contribution in [2.75, 3.05) is 5.32 Å². The van der Waals surface area contributed by atoms with Gasteiger partial charge in [-0.1, -0.05) is 61.8 Å². The van der Waals surface area contributed by atoms with Gasteiger partial charge >= 0.3 is 5.97 Å². The average molecular weight is 369 g/mol. The Bertz CT molecular complexity index is 867. The van der Waals surface area contributed by atoms with Crippen molar-refractivity contribution in [3.8, 4) is 11.3 Å². The van der Waals surface area contributed by atoms with Crippen molar-refractivity contribution in [3.05, 3.63) is 83.0 Å². The lowest BCUT2D eigenvalue weighted by Crippen LogP contribution is -2.06. The third-order valence-electron chi connectivity index (χ3n) is 3.61. The van der Waals surface area contributed by atoms with E-state index in [0.717, 1.165) is 11.1 Å². The summed E-state index contributed by atoms with van der Waals surface area (Å²) in [5.74, 6) is -0.982. The Kier molecular flexibility index (Phi) is 7.18. The number of aromatic carboxylic acids is 1. The summed E-state index contributed by atoms with van der Waals surface area (Å²) in [6.07, 6.45) is 1.66. The molecule has 0 aliphatic rings. The fourth-order valence-corrected chi connectivity index (χ4v) is 2.65. The molecular weight excluding hydrogens is 348 g/mol. The van der Waals surface area contributed by atoms with Crippen LogP contribution in [-0.2, 0) is 6.54 Å². The van der Waals surface area contributed by atoms with Gasteiger partial charge in [0.2, 0.25) is 0 Å². The van der Waals surface area contributed by atoms with Crippen LogP contribution in [0.4, 0.5) is 5.69 Å². The molecule has 2 aromatic carbocycles. The second-order valence-electron chi connectivity index (χ2n) is 5.24. The Balaban J connectivity index is 0.00000117. The zero-order valence-corrected chi connectivity index (χ0v) is 15.5. The van der Waals surface area contributed by atoms with Crippen LogP contribution in [0.3, 0.4) is 0 Å². The highest BCUT2D eigenvalue weighted by Crippen LogP contribution is 2.29. The van der Waals surface area contributed by atoms with Gasteiger partial charge in [0, 0.05) is 24.0 Å². The van der Waals surface area contributed by atoms with Crippen molar-refractivity contribution in [3.63, 3.8) is 0 Å². The highest BCUT2D eigenvalue weighted by atomic mass is 35.5. The first kappa shape index (κ1) is 19.5. The number of anilines is 1. The lowest BCUT2D eigenvalue weighted by Gasteiger charge is -2.12. The van der Waals surface area contributed by atoms with Crippen LogP contribution in [0, 0.1) is 0 Å². The Labute approximate surface area is 158 Å². The molecule has 1 aromatic heterocycles. The molecule has 1 heterocycles. The van der Waals surface area contributed by atoms with E-state index >= 15 is 0 Å². The largest absolute Gasteiger partial charge is 0.478 e. The fourth-order valence-electron chi connectivity index (χ4n) is 2.42. The van der Waals surface area contributed by atoms with E-state index in [-0.39, 0.29) is 5.56 Å². The minimum Gasteiger partial charge on any atom is -0.478 e. The fraction of sp³-hybridized carbons (Fsp3) is 0.143. The molecule has 0 saturated heterocycles. The highest BCUT2D eigenvalue weighted by molar-refractivity contribution is 6.33. The summed E-state index contributed by atoms with van der Waals surface area (Å²) in [6.45, 7) is 4.53. The van der Waals surface area contributed by atoms with Crippen LogP contribution < -0.4 is 5.32 Å². The number of rotatable bonds is 5. The van der Waals surface area contributed by atoms with Gasteiger partial charge in [0.05, 0.1) is 16.3 Å². The predicted molar refractivity (Wildman–Crippen MR) is 107 cm³/mol. The molecule has 0 fully saturated rings. The summed E-state index contributed by atoms with van der Waals surface area (Å²) in [5.41, 5.74) is 3.20. The van der Waals surface area contributed by atoms with E-state index in [2.05, 4.69) is 10.3 Å².